The third kappa shape index (κ3) is 10.2. The lowest BCUT2D eigenvalue weighted by Crippen LogP contribution is -2.02. The minimum Gasteiger partial charge on any atom is -0.508 e. The summed E-state index contributed by atoms with van der Waals surface area (Å²) >= 11 is 0. The van der Waals surface area contributed by atoms with E-state index in [0.29, 0.717) is 5.75 Å². The minimum absolute atomic E-state index is 0.543. The first kappa shape index (κ1) is 24.1. The van der Waals surface area contributed by atoms with Crippen LogP contribution in [0.5, 0.6) is 5.75 Å². The van der Waals surface area contributed by atoms with Crippen LogP contribution in [-0.4, -0.2) is 5.11 Å². The van der Waals surface area contributed by atoms with E-state index in [-0.39, 0.29) is 0 Å². The van der Waals surface area contributed by atoms with Gasteiger partial charge in [-0.1, -0.05) is 104 Å². The Kier molecular flexibility index (Phi) is 14.3. The fraction of sp³-hybridized carbons (Fsp3) is 0.769. The molecule has 0 amide bonds. The van der Waals surface area contributed by atoms with Gasteiger partial charge in [-0.2, -0.15) is 0 Å². The molecule has 0 heterocycles. The maximum absolute atomic E-state index is 10.5. The van der Waals surface area contributed by atoms with Gasteiger partial charge in [0.15, 0.2) is 0 Å². The summed E-state index contributed by atoms with van der Waals surface area (Å²) < 4.78 is 0. The molecule has 0 spiro atoms. The van der Waals surface area contributed by atoms with Crippen LogP contribution in [0.1, 0.15) is 127 Å². The summed E-state index contributed by atoms with van der Waals surface area (Å²) in [5.74, 6) is 0.543. The maximum Gasteiger partial charge on any atom is 0.119 e. The number of unbranched alkanes of at least 4 members (excludes halogenated alkanes) is 11. The summed E-state index contributed by atoms with van der Waals surface area (Å²) in [6, 6.07) is 4.13. The van der Waals surface area contributed by atoms with E-state index in [4.69, 9.17) is 0 Å². The quantitative estimate of drug-likeness (QED) is 0.271. The van der Waals surface area contributed by atoms with E-state index in [9.17, 15) is 5.11 Å². The Morgan fingerprint density at radius 1 is 0.519 bits per heavy atom. The lowest BCUT2D eigenvalue weighted by molar-refractivity contribution is 0.463. The lowest BCUT2D eigenvalue weighted by atomic mass is 9.90. The molecule has 0 saturated heterocycles. The molecule has 0 aliphatic rings. The second-order valence-corrected chi connectivity index (χ2v) is 8.34. The average molecular weight is 375 g/mol. The predicted octanol–water partition coefficient (Wildman–Crippen LogP) is 8.54. The fourth-order valence-electron chi connectivity index (χ4n) is 4.16. The molecule has 0 fully saturated rings. The summed E-state index contributed by atoms with van der Waals surface area (Å²) in [6.45, 7) is 6.81. The highest BCUT2D eigenvalue weighted by Crippen LogP contribution is 2.29. The molecule has 1 N–H and O–H groups in total. The summed E-state index contributed by atoms with van der Waals surface area (Å²) in [4.78, 5) is 0. The molecule has 0 bridgehead atoms. The molecule has 1 aromatic rings. The van der Waals surface area contributed by atoms with Crippen LogP contribution in [0.2, 0.25) is 0 Å². The van der Waals surface area contributed by atoms with Crippen molar-refractivity contribution in [2.45, 2.75) is 130 Å². The molecule has 1 rings (SSSR count). The number of aryl methyl sites for hydroxylation is 1. The van der Waals surface area contributed by atoms with Crippen molar-refractivity contribution in [3.05, 3.63) is 28.8 Å². The molecule has 27 heavy (non-hydrogen) atoms. The Labute approximate surface area is 170 Å². The Hall–Kier alpha value is -0.980. The lowest BCUT2D eigenvalue weighted by Gasteiger charge is -2.17. The van der Waals surface area contributed by atoms with Crippen LogP contribution in [-0.2, 0) is 19.3 Å². The molecule has 0 saturated carbocycles. The largest absolute Gasteiger partial charge is 0.508 e. The third-order valence-electron chi connectivity index (χ3n) is 5.83. The zero-order valence-corrected chi connectivity index (χ0v) is 18.6. The monoisotopic (exact) mass is 374 g/mol. The highest BCUT2D eigenvalue weighted by molar-refractivity contribution is 5.45. The molecule has 1 nitrogen and oxygen atoms in total. The molecule has 0 aliphatic carbocycles. The van der Waals surface area contributed by atoms with E-state index in [1.54, 1.807) is 0 Å². The van der Waals surface area contributed by atoms with Crippen LogP contribution >= 0.6 is 0 Å². The van der Waals surface area contributed by atoms with Crippen LogP contribution in [0.4, 0.5) is 0 Å². The molecule has 0 atom stereocenters. The van der Waals surface area contributed by atoms with Gasteiger partial charge in [0, 0.05) is 0 Å². The summed E-state index contributed by atoms with van der Waals surface area (Å²) in [5, 5.41) is 10.5. The van der Waals surface area contributed by atoms with Gasteiger partial charge in [0.1, 0.15) is 5.75 Å². The Morgan fingerprint density at radius 3 is 1.52 bits per heavy atom. The normalized spacial score (nSPS) is 11.2. The van der Waals surface area contributed by atoms with Gasteiger partial charge in [-0.05, 0) is 54.9 Å². The van der Waals surface area contributed by atoms with Gasteiger partial charge >= 0.3 is 0 Å². The summed E-state index contributed by atoms with van der Waals surface area (Å²) in [5.41, 5.74) is 4.24. The van der Waals surface area contributed by atoms with Gasteiger partial charge in [0.25, 0.3) is 0 Å². The Balaban J connectivity index is 2.55. The molecule has 1 aromatic carbocycles. The van der Waals surface area contributed by atoms with E-state index < -0.39 is 0 Å². The molecule has 0 radical (unpaired) electrons. The number of rotatable bonds is 17. The highest BCUT2D eigenvalue weighted by atomic mass is 16.3. The third-order valence-corrected chi connectivity index (χ3v) is 5.83. The fourth-order valence-corrected chi connectivity index (χ4v) is 4.16. The van der Waals surface area contributed by atoms with Crippen molar-refractivity contribution in [1.82, 2.24) is 0 Å². The van der Waals surface area contributed by atoms with Crippen molar-refractivity contribution in [3.8, 4) is 5.75 Å². The van der Waals surface area contributed by atoms with Crippen molar-refractivity contribution < 1.29 is 5.11 Å². The average Bonchev–Trinajstić information content (AvgIpc) is 2.67. The molecule has 0 aromatic heterocycles. The molecular weight excluding hydrogens is 328 g/mol. The van der Waals surface area contributed by atoms with Crippen molar-refractivity contribution in [3.63, 3.8) is 0 Å². The van der Waals surface area contributed by atoms with Crippen molar-refractivity contribution in [2.75, 3.05) is 0 Å². The Bertz CT molecular complexity index is 477. The van der Waals surface area contributed by atoms with Gasteiger partial charge in [-0.25, -0.2) is 0 Å². The van der Waals surface area contributed by atoms with Crippen LogP contribution in [0.25, 0.3) is 0 Å². The van der Waals surface area contributed by atoms with E-state index >= 15 is 0 Å². The van der Waals surface area contributed by atoms with Crippen LogP contribution in [0, 0.1) is 0 Å². The van der Waals surface area contributed by atoms with Gasteiger partial charge in [-0.15, -0.1) is 0 Å². The number of hydrogen-bond acceptors (Lipinski definition) is 1. The van der Waals surface area contributed by atoms with E-state index in [2.05, 4.69) is 26.8 Å². The van der Waals surface area contributed by atoms with Crippen LogP contribution < -0.4 is 0 Å². The number of aromatic hydroxyl groups is 1. The number of benzene rings is 1. The van der Waals surface area contributed by atoms with Gasteiger partial charge in [0.2, 0.25) is 0 Å². The number of phenols is 1. The number of hydrogen-bond donors (Lipinski definition) is 1. The zero-order valence-electron chi connectivity index (χ0n) is 18.6. The topological polar surface area (TPSA) is 20.2 Å². The van der Waals surface area contributed by atoms with Crippen molar-refractivity contribution in [1.29, 1.82) is 0 Å². The van der Waals surface area contributed by atoms with Crippen molar-refractivity contribution >= 4 is 0 Å². The van der Waals surface area contributed by atoms with Gasteiger partial charge in [-0.3, -0.25) is 0 Å². The molecule has 0 aliphatic heterocycles. The smallest absolute Gasteiger partial charge is 0.119 e. The molecular formula is C26H46O. The molecule has 1 heteroatoms. The van der Waals surface area contributed by atoms with Crippen LogP contribution in [0.15, 0.2) is 12.1 Å². The minimum atomic E-state index is 0.543. The standard InChI is InChI=1S/C26H46O/c1-4-7-9-11-12-13-15-17-20-25-24(19-16-14-10-8-5-2)23(18-6-3)21-22-26(25)27/h21-22,27H,4-20H2,1-3H3. The van der Waals surface area contributed by atoms with E-state index in [1.165, 1.54) is 107 Å². The van der Waals surface area contributed by atoms with Gasteiger partial charge < -0.3 is 5.11 Å². The first-order chi connectivity index (χ1) is 13.2. The summed E-state index contributed by atoms with van der Waals surface area (Å²) in [6.07, 6.45) is 21.9. The van der Waals surface area contributed by atoms with Gasteiger partial charge in [0.05, 0.1) is 0 Å². The Morgan fingerprint density at radius 2 is 1.00 bits per heavy atom. The SMILES string of the molecule is CCCCCCCCCCc1c(O)ccc(CCC)c1CCCCCCC. The molecule has 0 unspecified atom stereocenters. The highest BCUT2D eigenvalue weighted by Gasteiger charge is 2.12. The van der Waals surface area contributed by atoms with E-state index in [1.807, 2.05) is 6.07 Å². The zero-order chi connectivity index (χ0) is 19.7. The van der Waals surface area contributed by atoms with E-state index in [0.717, 1.165) is 19.3 Å². The van der Waals surface area contributed by atoms with Crippen molar-refractivity contribution in [2.24, 2.45) is 0 Å². The van der Waals surface area contributed by atoms with Crippen LogP contribution in [0.3, 0.4) is 0 Å². The molecule has 156 valence electrons. The number of phenolic OH excluding ortho intramolecular Hbond substituents is 1. The predicted molar refractivity (Wildman–Crippen MR) is 121 cm³/mol. The summed E-state index contributed by atoms with van der Waals surface area (Å²) in [7, 11) is 0. The second-order valence-electron chi connectivity index (χ2n) is 8.34. The second kappa shape index (κ2) is 16.0. The first-order valence-corrected chi connectivity index (χ1v) is 12.1. The maximum atomic E-state index is 10.5. The first-order valence-electron chi connectivity index (χ1n) is 12.1.